The maximum Gasteiger partial charge on any atom is 0.102 e. The molecule has 28 heavy (non-hydrogen) atoms. The van der Waals surface area contributed by atoms with Crippen molar-refractivity contribution in [1.29, 1.82) is 0 Å². The molecule has 0 radical (unpaired) electrons. The van der Waals surface area contributed by atoms with Gasteiger partial charge < -0.3 is 0 Å². The van der Waals surface area contributed by atoms with Crippen molar-refractivity contribution in [1.82, 2.24) is 14.7 Å². The minimum absolute atomic E-state index is 0.121. The van der Waals surface area contributed by atoms with Crippen LogP contribution in [0.3, 0.4) is 0 Å². The molecule has 0 aromatic heterocycles. The first kappa shape index (κ1) is 19.8. The first-order valence-electron chi connectivity index (χ1n) is 9.14. The van der Waals surface area contributed by atoms with Crippen molar-refractivity contribution in [3.05, 3.63) is 106 Å². The van der Waals surface area contributed by atoms with Gasteiger partial charge in [0, 0.05) is 27.9 Å². The molecule has 1 heterocycles. The van der Waals surface area contributed by atoms with Crippen molar-refractivity contribution in [2.45, 2.75) is 18.5 Å². The molecular formula is C22H21Cl2N3S. The fraction of sp³-hybridized carbons (Fsp3) is 0.182. The van der Waals surface area contributed by atoms with Gasteiger partial charge in [-0.3, -0.25) is 5.32 Å². The molecule has 3 aromatic rings. The summed E-state index contributed by atoms with van der Waals surface area (Å²) in [5, 5.41) is 7.40. The van der Waals surface area contributed by atoms with E-state index in [1.165, 1.54) is 11.1 Å². The van der Waals surface area contributed by atoms with Gasteiger partial charge in [-0.2, -0.15) is 4.41 Å². The van der Waals surface area contributed by atoms with Crippen LogP contribution in [0.25, 0.3) is 0 Å². The SMILES string of the molecule is Clc1cccc(Cl)c1CSN1CNC(c2ccccc2)N1Cc1ccccc1. The fourth-order valence-electron chi connectivity index (χ4n) is 3.28. The summed E-state index contributed by atoms with van der Waals surface area (Å²) in [7, 11) is 0. The maximum atomic E-state index is 6.36. The average molecular weight is 430 g/mol. The first-order chi connectivity index (χ1) is 13.7. The van der Waals surface area contributed by atoms with Gasteiger partial charge in [0.15, 0.2) is 0 Å². The van der Waals surface area contributed by atoms with E-state index in [0.717, 1.165) is 18.8 Å². The van der Waals surface area contributed by atoms with Crippen LogP contribution in [-0.2, 0) is 12.3 Å². The molecular weight excluding hydrogens is 409 g/mol. The Labute approximate surface area is 180 Å². The minimum Gasteiger partial charge on any atom is -0.282 e. The summed E-state index contributed by atoms with van der Waals surface area (Å²) in [6, 6.07) is 26.7. The zero-order valence-electron chi connectivity index (χ0n) is 15.3. The summed E-state index contributed by atoms with van der Waals surface area (Å²) in [6.07, 6.45) is 0.121. The lowest BCUT2D eigenvalue weighted by atomic mass is 10.1. The van der Waals surface area contributed by atoms with E-state index in [4.69, 9.17) is 23.2 Å². The number of benzene rings is 3. The predicted octanol–water partition coefficient (Wildman–Crippen LogP) is 6.12. The molecule has 0 bridgehead atoms. The monoisotopic (exact) mass is 429 g/mol. The Morgan fingerprint density at radius 3 is 2.18 bits per heavy atom. The number of hydrogen-bond acceptors (Lipinski definition) is 4. The average Bonchev–Trinajstić information content (AvgIpc) is 3.11. The van der Waals surface area contributed by atoms with E-state index >= 15 is 0 Å². The molecule has 6 heteroatoms. The van der Waals surface area contributed by atoms with E-state index in [1.807, 2.05) is 30.3 Å². The first-order valence-corrected chi connectivity index (χ1v) is 10.8. The summed E-state index contributed by atoms with van der Waals surface area (Å²) in [5.74, 6) is 0.715. The number of nitrogens with one attached hydrogen (secondary N) is 1. The fourth-order valence-corrected chi connectivity index (χ4v) is 5.03. The lowest BCUT2D eigenvalue weighted by Crippen LogP contribution is -2.33. The highest BCUT2D eigenvalue weighted by atomic mass is 35.5. The highest BCUT2D eigenvalue weighted by Gasteiger charge is 2.33. The van der Waals surface area contributed by atoms with Gasteiger partial charge in [0.1, 0.15) is 6.17 Å². The van der Waals surface area contributed by atoms with E-state index in [-0.39, 0.29) is 6.17 Å². The predicted molar refractivity (Wildman–Crippen MR) is 119 cm³/mol. The highest BCUT2D eigenvalue weighted by Crippen LogP contribution is 2.35. The largest absolute Gasteiger partial charge is 0.282 e. The summed E-state index contributed by atoms with van der Waals surface area (Å²) < 4.78 is 2.27. The van der Waals surface area contributed by atoms with Crippen molar-refractivity contribution in [2.75, 3.05) is 6.67 Å². The molecule has 1 saturated heterocycles. The van der Waals surface area contributed by atoms with Gasteiger partial charge in [0.05, 0.1) is 6.67 Å². The topological polar surface area (TPSA) is 18.5 Å². The van der Waals surface area contributed by atoms with Gasteiger partial charge in [0.2, 0.25) is 0 Å². The third kappa shape index (κ3) is 4.54. The van der Waals surface area contributed by atoms with Gasteiger partial charge in [-0.25, -0.2) is 5.01 Å². The van der Waals surface area contributed by atoms with E-state index in [1.54, 1.807) is 11.9 Å². The van der Waals surface area contributed by atoms with Gasteiger partial charge in [-0.15, -0.1) is 0 Å². The number of hydrogen-bond donors (Lipinski definition) is 1. The number of halogens is 2. The maximum absolute atomic E-state index is 6.36. The van der Waals surface area contributed by atoms with E-state index in [0.29, 0.717) is 15.8 Å². The molecule has 1 fully saturated rings. The van der Waals surface area contributed by atoms with Gasteiger partial charge in [-0.05, 0) is 23.3 Å². The summed E-state index contributed by atoms with van der Waals surface area (Å²) in [5.41, 5.74) is 3.49. The van der Waals surface area contributed by atoms with Crippen molar-refractivity contribution in [3.63, 3.8) is 0 Å². The van der Waals surface area contributed by atoms with Gasteiger partial charge in [0.25, 0.3) is 0 Å². The molecule has 1 unspecified atom stereocenters. The zero-order valence-corrected chi connectivity index (χ0v) is 17.6. The Bertz CT molecular complexity index is 888. The summed E-state index contributed by atoms with van der Waals surface area (Å²) in [4.78, 5) is 0. The molecule has 0 saturated carbocycles. The molecule has 144 valence electrons. The van der Waals surface area contributed by atoms with Crippen LogP contribution in [0.4, 0.5) is 0 Å². The lowest BCUT2D eigenvalue weighted by molar-refractivity contribution is 0.0758. The Morgan fingerprint density at radius 2 is 1.50 bits per heavy atom. The standard InChI is InChI=1S/C22H21Cl2N3S/c23-20-12-7-13-21(24)19(20)15-28-27-16-25-22(18-10-5-2-6-11-18)26(27)14-17-8-3-1-4-9-17/h1-13,22,25H,14-16H2. The van der Waals surface area contributed by atoms with E-state index < -0.39 is 0 Å². The third-order valence-corrected chi connectivity index (χ3v) is 6.49. The molecule has 3 nitrogen and oxygen atoms in total. The van der Waals surface area contributed by atoms with Crippen LogP contribution in [-0.4, -0.2) is 16.1 Å². The second kappa shape index (κ2) is 9.31. The molecule has 1 N–H and O–H groups in total. The lowest BCUT2D eigenvalue weighted by Gasteiger charge is -2.30. The van der Waals surface area contributed by atoms with Crippen LogP contribution in [0.1, 0.15) is 22.9 Å². The third-order valence-electron chi connectivity index (χ3n) is 4.73. The normalized spacial score (nSPS) is 17.9. The Kier molecular flexibility index (Phi) is 6.58. The Balaban J connectivity index is 1.55. The molecule has 1 aliphatic rings. The van der Waals surface area contributed by atoms with Gasteiger partial charge in [-0.1, -0.05) is 102 Å². The second-order valence-electron chi connectivity index (χ2n) is 6.58. The van der Waals surface area contributed by atoms with E-state index in [9.17, 15) is 0 Å². The van der Waals surface area contributed by atoms with E-state index in [2.05, 4.69) is 63.3 Å². The smallest absolute Gasteiger partial charge is 0.102 e. The molecule has 0 aliphatic carbocycles. The van der Waals surface area contributed by atoms with Gasteiger partial charge >= 0.3 is 0 Å². The summed E-state index contributed by atoms with van der Waals surface area (Å²) in [6.45, 7) is 1.57. The molecule has 1 aliphatic heterocycles. The van der Waals surface area contributed by atoms with Crippen LogP contribution >= 0.6 is 35.1 Å². The second-order valence-corrected chi connectivity index (χ2v) is 8.37. The molecule has 1 atom stereocenters. The van der Waals surface area contributed by atoms with Crippen LogP contribution in [0.5, 0.6) is 0 Å². The number of nitrogens with zero attached hydrogens (tertiary/aromatic N) is 2. The minimum atomic E-state index is 0.121. The molecule has 3 aromatic carbocycles. The van der Waals surface area contributed by atoms with Crippen LogP contribution in [0.2, 0.25) is 10.0 Å². The van der Waals surface area contributed by atoms with Crippen molar-refractivity contribution in [3.8, 4) is 0 Å². The Hall–Kier alpha value is -1.53. The molecule has 0 spiro atoms. The zero-order chi connectivity index (χ0) is 19.3. The quantitative estimate of drug-likeness (QED) is 0.475. The summed E-state index contributed by atoms with van der Waals surface area (Å²) >= 11 is 14.4. The van der Waals surface area contributed by atoms with Crippen LogP contribution in [0.15, 0.2) is 78.9 Å². The molecule has 4 rings (SSSR count). The number of rotatable bonds is 6. The number of hydrazine groups is 1. The Morgan fingerprint density at radius 1 is 0.857 bits per heavy atom. The van der Waals surface area contributed by atoms with Crippen LogP contribution < -0.4 is 5.32 Å². The van der Waals surface area contributed by atoms with Crippen molar-refractivity contribution < 1.29 is 0 Å². The van der Waals surface area contributed by atoms with Crippen LogP contribution in [0, 0.1) is 0 Å². The van der Waals surface area contributed by atoms with Crippen molar-refractivity contribution in [2.24, 2.45) is 0 Å². The molecule has 0 amide bonds. The van der Waals surface area contributed by atoms with Crippen molar-refractivity contribution >= 4 is 35.1 Å². The highest BCUT2D eigenvalue weighted by molar-refractivity contribution is 7.96.